The summed E-state index contributed by atoms with van der Waals surface area (Å²) in [6.07, 6.45) is 3.99. The van der Waals surface area contributed by atoms with E-state index in [-0.39, 0.29) is 10.9 Å². The Bertz CT molecular complexity index is 1240. The standard InChI is InChI=1S/C23H22N2O7/c1-29-18-11-14(12-19(30-2)21(18)31-3)9-10-20(26)24-25-13-17(23(28)32-4)15-7-5-6-8-16(15)22(25)27/h5-13H,1-4H3,(H,24,26)/b10-9+. The highest BCUT2D eigenvalue weighted by Gasteiger charge is 2.16. The number of fused-ring (bicyclic) bond motifs is 1. The van der Waals surface area contributed by atoms with Crippen molar-refractivity contribution in [2.24, 2.45) is 0 Å². The predicted octanol–water partition coefficient (Wildman–Crippen LogP) is 2.60. The molecular formula is C23H22N2O7. The first-order valence-electron chi connectivity index (χ1n) is 9.45. The summed E-state index contributed by atoms with van der Waals surface area (Å²) in [6.45, 7) is 0. The number of amides is 1. The van der Waals surface area contributed by atoms with Crippen molar-refractivity contribution in [2.45, 2.75) is 0 Å². The number of carbonyl (C=O) groups excluding carboxylic acids is 2. The zero-order valence-electron chi connectivity index (χ0n) is 18.0. The molecular weight excluding hydrogens is 416 g/mol. The number of rotatable bonds is 7. The number of carbonyl (C=O) groups is 2. The van der Waals surface area contributed by atoms with Gasteiger partial charge in [-0.1, -0.05) is 18.2 Å². The monoisotopic (exact) mass is 438 g/mol. The molecule has 0 atom stereocenters. The summed E-state index contributed by atoms with van der Waals surface area (Å²) in [5.74, 6) is 0.0690. The molecule has 1 amide bonds. The summed E-state index contributed by atoms with van der Waals surface area (Å²) in [5, 5.41) is 0.701. The lowest BCUT2D eigenvalue weighted by Gasteiger charge is -2.13. The average molecular weight is 438 g/mol. The van der Waals surface area contributed by atoms with Gasteiger partial charge in [0.15, 0.2) is 11.5 Å². The molecule has 32 heavy (non-hydrogen) atoms. The van der Waals surface area contributed by atoms with Gasteiger partial charge >= 0.3 is 5.97 Å². The number of hydrogen-bond acceptors (Lipinski definition) is 7. The van der Waals surface area contributed by atoms with Gasteiger partial charge in [-0.05, 0) is 29.8 Å². The van der Waals surface area contributed by atoms with Crippen molar-refractivity contribution in [3.63, 3.8) is 0 Å². The molecule has 0 unspecified atom stereocenters. The normalized spacial score (nSPS) is 10.8. The Morgan fingerprint density at radius 2 is 1.56 bits per heavy atom. The minimum absolute atomic E-state index is 0.150. The topological polar surface area (TPSA) is 105 Å². The number of nitrogens with zero attached hydrogens (tertiary/aromatic N) is 1. The zero-order chi connectivity index (χ0) is 23.3. The number of aromatic nitrogens is 1. The molecule has 0 radical (unpaired) electrons. The van der Waals surface area contributed by atoms with Crippen molar-refractivity contribution in [1.29, 1.82) is 0 Å². The van der Waals surface area contributed by atoms with Gasteiger partial charge in [-0.15, -0.1) is 0 Å². The summed E-state index contributed by atoms with van der Waals surface area (Å²) in [7, 11) is 5.71. The summed E-state index contributed by atoms with van der Waals surface area (Å²) in [4.78, 5) is 37.4. The van der Waals surface area contributed by atoms with Gasteiger partial charge in [0.05, 0.1) is 34.0 Å². The minimum atomic E-state index is -0.628. The highest BCUT2D eigenvalue weighted by molar-refractivity contribution is 6.04. The number of benzene rings is 2. The Morgan fingerprint density at radius 3 is 2.12 bits per heavy atom. The quantitative estimate of drug-likeness (QED) is 0.447. The van der Waals surface area contributed by atoms with Crippen LogP contribution in [0.15, 0.2) is 53.5 Å². The van der Waals surface area contributed by atoms with Gasteiger partial charge in [0.25, 0.3) is 11.5 Å². The lowest BCUT2D eigenvalue weighted by Crippen LogP contribution is -2.33. The number of hydrogen-bond donors (Lipinski definition) is 1. The van der Waals surface area contributed by atoms with E-state index in [9.17, 15) is 14.4 Å². The van der Waals surface area contributed by atoms with E-state index in [0.29, 0.717) is 28.2 Å². The summed E-state index contributed by atoms with van der Waals surface area (Å²) in [6, 6.07) is 9.92. The van der Waals surface area contributed by atoms with Crippen molar-refractivity contribution in [3.05, 3.63) is 70.2 Å². The van der Waals surface area contributed by atoms with Gasteiger partial charge in [-0.3, -0.25) is 15.0 Å². The number of ether oxygens (including phenoxy) is 4. The third-order valence-electron chi connectivity index (χ3n) is 4.67. The van der Waals surface area contributed by atoms with Crippen LogP contribution in [0.3, 0.4) is 0 Å². The van der Waals surface area contributed by atoms with Crippen LogP contribution in [-0.2, 0) is 9.53 Å². The second-order valence-corrected chi connectivity index (χ2v) is 6.52. The predicted molar refractivity (Wildman–Crippen MR) is 119 cm³/mol. The fourth-order valence-corrected chi connectivity index (χ4v) is 3.17. The SMILES string of the molecule is COC(=O)c1cn(NC(=O)/C=C/c2cc(OC)c(OC)c(OC)c2)c(=O)c2ccccc12. The number of methoxy groups -OCH3 is 4. The maximum atomic E-state index is 12.8. The maximum absolute atomic E-state index is 12.8. The van der Waals surface area contributed by atoms with E-state index in [1.807, 2.05) is 0 Å². The van der Waals surface area contributed by atoms with Crippen LogP contribution in [0.1, 0.15) is 15.9 Å². The van der Waals surface area contributed by atoms with Crippen molar-refractivity contribution in [2.75, 3.05) is 33.9 Å². The Labute approximate surface area is 183 Å². The summed E-state index contributed by atoms with van der Waals surface area (Å²) in [5.41, 5.74) is 2.73. The largest absolute Gasteiger partial charge is 0.493 e. The number of esters is 1. The van der Waals surface area contributed by atoms with E-state index >= 15 is 0 Å². The first kappa shape index (κ1) is 22.4. The van der Waals surface area contributed by atoms with Gasteiger partial charge < -0.3 is 18.9 Å². The molecule has 1 aromatic heterocycles. The van der Waals surface area contributed by atoms with Crippen LogP contribution in [0.2, 0.25) is 0 Å². The second kappa shape index (κ2) is 9.69. The first-order chi connectivity index (χ1) is 15.4. The lowest BCUT2D eigenvalue weighted by molar-refractivity contribution is -0.112. The van der Waals surface area contributed by atoms with Crippen LogP contribution in [0, 0.1) is 0 Å². The fourth-order valence-electron chi connectivity index (χ4n) is 3.17. The summed E-state index contributed by atoms with van der Waals surface area (Å²) < 4.78 is 21.6. The molecule has 2 aromatic carbocycles. The van der Waals surface area contributed by atoms with E-state index in [4.69, 9.17) is 18.9 Å². The van der Waals surface area contributed by atoms with E-state index < -0.39 is 17.4 Å². The van der Waals surface area contributed by atoms with Gasteiger partial charge in [-0.2, -0.15) is 0 Å². The average Bonchev–Trinajstić information content (AvgIpc) is 2.83. The van der Waals surface area contributed by atoms with Gasteiger partial charge in [0, 0.05) is 23.0 Å². The molecule has 0 spiro atoms. The molecule has 0 saturated heterocycles. The first-order valence-corrected chi connectivity index (χ1v) is 9.45. The van der Waals surface area contributed by atoms with Crippen LogP contribution in [-0.4, -0.2) is 45.0 Å². The molecule has 9 nitrogen and oxygen atoms in total. The van der Waals surface area contributed by atoms with E-state index in [1.54, 1.807) is 36.4 Å². The molecule has 166 valence electrons. The van der Waals surface area contributed by atoms with Gasteiger partial charge in [0.2, 0.25) is 5.75 Å². The minimum Gasteiger partial charge on any atom is -0.493 e. The highest BCUT2D eigenvalue weighted by atomic mass is 16.5. The molecule has 0 aliphatic rings. The van der Waals surface area contributed by atoms with Crippen LogP contribution >= 0.6 is 0 Å². The molecule has 1 N–H and O–H groups in total. The van der Waals surface area contributed by atoms with E-state index in [2.05, 4.69) is 5.43 Å². The Balaban J connectivity index is 1.93. The molecule has 0 aliphatic carbocycles. The zero-order valence-corrected chi connectivity index (χ0v) is 18.0. The number of nitrogens with one attached hydrogen (secondary N) is 1. The Kier molecular flexibility index (Phi) is 6.79. The van der Waals surface area contributed by atoms with Crippen LogP contribution in [0.4, 0.5) is 0 Å². The maximum Gasteiger partial charge on any atom is 0.340 e. The van der Waals surface area contributed by atoms with Crippen molar-refractivity contribution >= 4 is 28.7 Å². The molecule has 9 heteroatoms. The molecule has 3 aromatic rings. The van der Waals surface area contributed by atoms with Crippen molar-refractivity contribution < 1.29 is 28.5 Å². The highest BCUT2D eigenvalue weighted by Crippen LogP contribution is 2.38. The Hall–Kier alpha value is -4.27. The number of pyridine rings is 1. The smallest absolute Gasteiger partial charge is 0.340 e. The van der Waals surface area contributed by atoms with E-state index in [0.717, 1.165) is 4.68 Å². The van der Waals surface area contributed by atoms with E-state index in [1.165, 1.54) is 46.8 Å². The van der Waals surface area contributed by atoms with Crippen LogP contribution in [0.5, 0.6) is 17.2 Å². The van der Waals surface area contributed by atoms with Crippen LogP contribution < -0.4 is 25.2 Å². The second-order valence-electron chi connectivity index (χ2n) is 6.52. The summed E-state index contributed by atoms with van der Waals surface area (Å²) >= 11 is 0. The van der Waals surface area contributed by atoms with Crippen molar-refractivity contribution in [1.82, 2.24) is 4.68 Å². The molecule has 3 rings (SSSR count). The molecule has 0 fully saturated rings. The van der Waals surface area contributed by atoms with Crippen molar-refractivity contribution in [3.8, 4) is 17.2 Å². The van der Waals surface area contributed by atoms with Gasteiger partial charge in [-0.25, -0.2) is 9.47 Å². The third kappa shape index (κ3) is 4.41. The molecule has 1 heterocycles. The Morgan fingerprint density at radius 1 is 0.938 bits per heavy atom. The fraction of sp³-hybridized carbons (Fsp3) is 0.174. The van der Waals surface area contributed by atoms with Gasteiger partial charge in [0.1, 0.15) is 0 Å². The molecule has 0 bridgehead atoms. The molecule has 0 saturated carbocycles. The third-order valence-corrected chi connectivity index (χ3v) is 4.67. The lowest BCUT2D eigenvalue weighted by atomic mass is 10.1. The van der Waals surface area contributed by atoms with Crippen LogP contribution in [0.25, 0.3) is 16.8 Å². The molecule has 0 aliphatic heterocycles.